The number of rotatable bonds is 7. The predicted octanol–water partition coefficient (Wildman–Crippen LogP) is -1.12. The molecule has 0 aliphatic carbocycles. The maximum atomic E-state index is 13.0. The summed E-state index contributed by atoms with van der Waals surface area (Å²) in [6.45, 7) is 2.74. The number of nitrogens with two attached hydrogens (primary N) is 2. The fourth-order valence-corrected chi connectivity index (χ4v) is 6.26. The van der Waals surface area contributed by atoms with Gasteiger partial charge in [-0.15, -0.1) is 10.2 Å². The van der Waals surface area contributed by atoms with E-state index in [0.29, 0.717) is 18.2 Å². The van der Waals surface area contributed by atoms with Crippen molar-refractivity contribution in [3.63, 3.8) is 0 Å². The van der Waals surface area contributed by atoms with Gasteiger partial charge in [-0.05, 0) is 30.7 Å². The summed E-state index contributed by atoms with van der Waals surface area (Å²) in [6, 6.07) is 2.17. The van der Waals surface area contributed by atoms with Crippen molar-refractivity contribution in [3.05, 3.63) is 24.5 Å². The molecule has 0 saturated carbocycles. The van der Waals surface area contributed by atoms with Gasteiger partial charge in [-0.2, -0.15) is 5.21 Å². The number of aryl methyl sites for hydroxylation is 1. The number of anilines is 2. The molecule has 14 nitrogen and oxygen atoms in total. The first-order valence-electron chi connectivity index (χ1n) is 9.57. The maximum Gasteiger partial charge on any atom is 0.242 e. The quantitative estimate of drug-likeness (QED) is 0.319. The van der Waals surface area contributed by atoms with E-state index in [4.69, 9.17) is 10.9 Å². The molecule has 0 fully saturated rings. The van der Waals surface area contributed by atoms with Crippen molar-refractivity contribution >= 4 is 31.7 Å². The van der Waals surface area contributed by atoms with Crippen LogP contribution in [0.15, 0.2) is 34.3 Å². The highest BCUT2D eigenvalue weighted by atomic mass is 32.2. The van der Waals surface area contributed by atoms with Gasteiger partial charge in [0, 0.05) is 38.1 Å². The summed E-state index contributed by atoms with van der Waals surface area (Å²) in [5, 5.41) is 19.1. The smallest absolute Gasteiger partial charge is 0.242 e. The van der Waals surface area contributed by atoms with E-state index in [0.717, 1.165) is 13.0 Å². The standard InChI is InChI=1S/C16H22N10O4S2/c1-10(17)9-20-32(29,30)12-4-3-11(26-7-2-6-25-8-5-19-16(25)26)13(14(12)31(18,27)28)15-21-23-24-22-15/h3-5,8,10,20H,2,6-7,9,17H2,1H3,(H2,18,27,28)(H,21,22,23,24)/t10-/m0/s1. The van der Waals surface area contributed by atoms with Crippen LogP contribution in [0.25, 0.3) is 11.4 Å². The number of tetrazole rings is 1. The number of aromatic amines is 1. The van der Waals surface area contributed by atoms with Gasteiger partial charge in [0.15, 0.2) is 0 Å². The van der Waals surface area contributed by atoms with Crippen molar-refractivity contribution in [2.45, 2.75) is 35.7 Å². The highest BCUT2D eigenvalue weighted by molar-refractivity contribution is 7.92. The first-order chi connectivity index (χ1) is 15.1. The molecule has 0 bridgehead atoms. The molecule has 1 aromatic carbocycles. The number of hydrogen-bond acceptors (Lipinski definition) is 10. The molecule has 6 N–H and O–H groups in total. The van der Waals surface area contributed by atoms with E-state index in [1.54, 1.807) is 24.2 Å². The van der Waals surface area contributed by atoms with Gasteiger partial charge < -0.3 is 15.2 Å². The Balaban J connectivity index is 2.01. The number of sulfonamides is 2. The van der Waals surface area contributed by atoms with E-state index in [9.17, 15) is 16.8 Å². The minimum atomic E-state index is -4.56. The second-order valence-electron chi connectivity index (χ2n) is 7.32. The molecule has 3 heterocycles. The second-order valence-corrected chi connectivity index (χ2v) is 10.6. The summed E-state index contributed by atoms with van der Waals surface area (Å²) in [5.74, 6) is 0.434. The van der Waals surface area contributed by atoms with Crippen LogP contribution in [0.5, 0.6) is 0 Å². The molecule has 1 aliphatic heterocycles. The minimum absolute atomic E-state index is 0.0960. The molecule has 32 heavy (non-hydrogen) atoms. The molecule has 1 atom stereocenters. The Morgan fingerprint density at radius 1 is 1.25 bits per heavy atom. The third kappa shape index (κ3) is 4.09. The van der Waals surface area contributed by atoms with E-state index in [2.05, 4.69) is 30.3 Å². The van der Waals surface area contributed by atoms with Crippen LogP contribution < -0.4 is 20.5 Å². The summed E-state index contributed by atoms with van der Waals surface area (Å²) in [5.41, 5.74) is 5.88. The number of nitrogens with zero attached hydrogens (tertiary/aromatic N) is 6. The lowest BCUT2D eigenvalue weighted by molar-refractivity contribution is 0.567. The Labute approximate surface area is 184 Å². The molecule has 3 aromatic rings. The topological polar surface area (TPSA) is 208 Å². The molecule has 4 rings (SSSR count). The third-order valence-electron chi connectivity index (χ3n) is 4.84. The van der Waals surface area contributed by atoms with Gasteiger partial charge in [0.1, 0.15) is 9.79 Å². The highest BCUT2D eigenvalue weighted by Crippen LogP contribution is 2.41. The van der Waals surface area contributed by atoms with Crippen LogP contribution in [-0.4, -0.2) is 66.1 Å². The van der Waals surface area contributed by atoms with Gasteiger partial charge in [0.25, 0.3) is 0 Å². The van der Waals surface area contributed by atoms with Gasteiger partial charge >= 0.3 is 0 Å². The average molecular weight is 483 g/mol. The van der Waals surface area contributed by atoms with Crippen molar-refractivity contribution in [3.8, 4) is 11.4 Å². The minimum Gasteiger partial charge on any atom is -0.327 e. The zero-order valence-corrected chi connectivity index (χ0v) is 18.6. The summed E-state index contributed by atoms with van der Waals surface area (Å²) in [4.78, 5) is 4.93. The maximum absolute atomic E-state index is 13.0. The lowest BCUT2D eigenvalue weighted by Crippen LogP contribution is -2.36. The molecule has 0 saturated heterocycles. The van der Waals surface area contributed by atoms with Crippen LogP contribution in [0.4, 0.5) is 11.6 Å². The number of H-pyrrole nitrogens is 1. The highest BCUT2D eigenvalue weighted by Gasteiger charge is 2.34. The zero-order valence-electron chi connectivity index (χ0n) is 17.0. The fraction of sp³-hybridized carbons (Fsp3) is 0.375. The summed E-state index contributed by atoms with van der Waals surface area (Å²) >= 11 is 0. The van der Waals surface area contributed by atoms with Gasteiger partial charge in [-0.3, -0.25) is 0 Å². The molecule has 16 heteroatoms. The largest absolute Gasteiger partial charge is 0.327 e. The lowest BCUT2D eigenvalue weighted by Gasteiger charge is -2.31. The van der Waals surface area contributed by atoms with Crippen LogP contribution in [0.2, 0.25) is 0 Å². The molecule has 2 aromatic heterocycles. The van der Waals surface area contributed by atoms with Crippen LogP contribution in [0, 0.1) is 0 Å². The Morgan fingerprint density at radius 2 is 2.03 bits per heavy atom. The van der Waals surface area contributed by atoms with Crippen molar-refractivity contribution in [1.29, 1.82) is 0 Å². The molecule has 0 amide bonds. The van der Waals surface area contributed by atoms with Gasteiger partial charge in [0.05, 0.1) is 11.3 Å². The predicted molar refractivity (Wildman–Crippen MR) is 114 cm³/mol. The number of nitrogens with one attached hydrogen (secondary N) is 2. The molecule has 1 aliphatic rings. The Morgan fingerprint density at radius 3 is 2.69 bits per heavy atom. The van der Waals surface area contributed by atoms with Gasteiger partial charge in [-0.25, -0.2) is 31.7 Å². The number of benzene rings is 1. The molecular formula is C16H22N10O4S2. The third-order valence-corrected chi connectivity index (χ3v) is 7.43. The van der Waals surface area contributed by atoms with Gasteiger partial charge in [-0.1, -0.05) is 0 Å². The van der Waals surface area contributed by atoms with Crippen LogP contribution >= 0.6 is 0 Å². The number of fused-ring (bicyclic) bond motifs is 1. The summed E-state index contributed by atoms with van der Waals surface area (Å²) < 4.78 is 55.6. The van der Waals surface area contributed by atoms with Crippen LogP contribution in [-0.2, 0) is 26.6 Å². The SMILES string of the molecule is C[C@H](N)CNS(=O)(=O)c1ccc(N2CCCn3ccnc32)c(-c2nn[nH]n2)c1S(N)(=O)=O. The average Bonchev–Trinajstić information content (AvgIpc) is 3.42. The van der Waals surface area contributed by atoms with E-state index < -0.39 is 35.9 Å². The number of hydrogen-bond donors (Lipinski definition) is 4. The molecule has 0 radical (unpaired) electrons. The van der Waals surface area contributed by atoms with Crippen molar-refractivity contribution in [1.82, 2.24) is 34.9 Å². The monoisotopic (exact) mass is 482 g/mol. The van der Waals surface area contributed by atoms with E-state index in [-0.39, 0.29) is 17.9 Å². The Hall–Kier alpha value is -2.92. The van der Waals surface area contributed by atoms with E-state index in [1.165, 1.54) is 12.1 Å². The van der Waals surface area contributed by atoms with Crippen molar-refractivity contribution < 1.29 is 16.8 Å². The molecule has 0 unspecified atom stereocenters. The van der Waals surface area contributed by atoms with E-state index >= 15 is 0 Å². The molecular weight excluding hydrogens is 460 g/mol. The fourth-order valence-electron chi connectivity index (χ4n) is 3.52. The molecule has 0 spiro atoms. The first-order valence-corrected chi connectivity index (χ1v) is 12.6. The van der Waals surface area contributed by atoms with Crippen LogP contribution in [0.1, 0.15) is 13.3 Å². The molecule has 172 valence electrons. The number of primary sulfonamides is 1. The van der Waals surface area contributed by atoms with E-state index in [1.807, 2.05) is 4.57 Å². The lowest BCUT2D eigenvalue weighted by atomic mass is 10.1. The zero-order chi connectivity index (χ0) is 23.1. The van der Waals surface area contributed by atoms with Crippen molar-refractivity contribution in [2.24, 2.45) is 10.9 Å². The van der Waals surface area contributed by atoms with Gasteiger partial charge in [0.2, 0.25) is 31.8 Å². The first kappa shape index (κ1) is 22.3. The number of imidazole rings is 1. The normalized spacial score (nSPS) is 15.5. The Kier molecular flexibility index (Phi) is 5.72. The summed E-state index contributed by atoms with van der Waals surface area (Å²) in [6.07, 6.45) is 4.17. The number of aromatic nitrogens is 6. The Bertz CT molecular complexity index is 1330. The summed E-state index contributed by atoms with van der Waals surface area (Å²) in [7, 11) is -8.86. The second kappa shape index (κ2) is 8.21. The van der Waals surface area contributed by atoms with Crippen LogP contribution in [0.3, 0.4) is 0 Å². The van der Waals surface area contributed by atoms with Crippen molar-refractivity contribution in [2.75, 3.05) is 18.0 Å².